The smallest absolute Gasteiger partial charge is 0.410 e. The van der Waals surface area contributed by atoms with Crippen LogP contribution in [-0.2, 0) is 4.74 Å². The Morgan fingerprint density at radius 3 is 2.54 bits per heavy atom. The molecule has 196 valence electrons. The number of hydrogen-bond acceptors (Lipinski definition) is 7. The zero-order valence-electron chi connectivity index (χ0n) is 21.8. The molecular weight excluding hydrogens is 494 g/mol. The van der Waals surface area contributed by atoms with Gasteiger partial charge in [0.05, 0.1) is 24.7 Å². The van der Waals surface area contributed by atoms with Gasteiger partial charge in [-0.3, -0.25) is 4.79 Å². The second-order valence-corrected chi connectivity index (χ2v) is 10.2. The van der Waals surface area contributed by atoms with E-state index in [2.05, 4.69) is 21.4 Å². The summed E-state index contributed by atoms with van der Waals surface area (Å²) in [4.78, 5) is 35.7. The summed E-state index contributed by atoms with van der Waals surface area (Å²) < 4.78 is 11.7. The molecule has 1 saturated heterocycles. The Hall–Kier alpha value is -4.97. The molecule has 2 aromatic heterocycles. The normalized spacial score (nSPS) is 13.3. The van der Waals surface area contributed by atoms with E-state index in [1.54, 1.807) is 41.4 Å². The lowest BCUT2D eigenvalue weighted by Crippen LogP contribution is -2.57. The van der Waals surface area contributed by atoms with Crippen molar-refractivity contribution in [1.29, 1.82) is 5.26 Å². The number of carbonyl (C=O) groups is 2. The van der Waals surface area contributed by atoms with E-state index in [0.29, 0.717) is 41.4 Å². The van der Waals surface area contributed by atoms with Gasteiger partial charge in [-0.1, -0.05) is 12.1 Å². The monoisotopic (exact) mass is 521 g/mol. The maximum absolute atomic E-state index is 13.1. The van der Waals surface area contributed by atoms with Gasteiger partial charge in [-0.25, -0.2) is 14.8 Å². The largest absolute Gasteiger partial charge is 0.486 e. The molecule has 0 atom stereocenters. The lowest BCUT2D eigenvalue weighted by Gasteiger charge is -2.39. The van der Waals surface area contributed by atoms with Crippen LogP contribution >= 0.6 is 0 Å². The predicted octanol–water partition coefficient (Wildman–Crippen LogP) is 5.42. The quantitative estimate of drug-likeness (QED) is 0.373. The number of hydrogen-bond donors (Lipinski definition) is 1. The summed E-state index contributed by atoms with van der Waals surface area (Å²) in [5.41, 5.74) is 2.48. The zero-order chi connectivity index (χ0) is 27.6. The molecule has 2 aromatic carbocycles. The van der Waals surface area contributed by atoms with Crippen LogP contribution in [0.2, 0.25) is 0 Å². The Balaban J connectivity index is 1.37. The van der Waals surface area contributed by atoms with Gasteiger partial charge in [-0.15, -0.1) is 0 Å². The fourth-order valence-corrected chi connectivity index (χ4v) is 4.10. The third kappa shape index (κ3) is 5.96. The van der Waals surface area contributed by atoms with E-state index in [4.69, 9.17) is 14.7 Å². The predicted molar refractivity (Wildman–Crippen MR) is 146 cm³/mol. The minimum Gasteiger partial charge on any atom is -0.486 e. The molecule has 4 aromatic rings. The van der Waals surface area contributed by atoms with Gasteiger partial charge in [0.15, 0.2) is 5.65 Å². The van der Waals surface area contributed by atoms with E-state index in [9.17, 15) is 9.59 Å². The zero-order valence-corrected chi connectivity index (χ0v) is 21.8. The van der Waals surface area contributed by atoms with Crippen molar-refractivity contribution in [1.82, 2.24) is 14.9 Å². The van der Waals surface area contributed by atoms with Crippen molar-refractivity contribution in [3.05, 3.63) is 84.1 Å². The van der Waals surface area contributed by atoms with E-state index in [0.717, 1.165) is 16.5 Å². The fraction of sp³-hybridized carbons (Fsp3) is 0.233. The van der Waals surface area contributed by atoms with Crippen LogP contribution in [0.3, 0.4) is 0 Å². The van der Waals surface area contributed by atoms with Gasteiger partial charge in [-0.05, 0) is 80.9 Å². The highest BCUT2D eigenvalue weighted by molar-refractivity contribution is 6.04. The van der Waals surface area contributed by atoms with E-state index < -0.39 is 5.60 Å². The van der Waals surface area contributed by atoms with Crippen LogP contribution in [0.15, 0.2) is 72.9 Å². The number of aromatic nitrogens is 2. The average molecular weight is 522 g/mol. The molecule has 39 heavy (non-hydrogen) atoms. The summed E-state index contributed by atoms with van der Waals surface area (Å²) in [5.74, 6) is 0.532. The number of carbonyl (C=O) groups excluding carboxylic acids is 2. The summed E-state index contributed by atoms with van der Waals surface area (Å²) >= 11 is 0. The summed E-state index contributed by atoms with van der Waals surface area (Å²) in [6.45, 7) is 6.20. The third-order valence-corrected chi connectivity index (χ3v) is 6.07. The lowest BCUT2D eigenvalue weighted by molar-refractivity contribution is -0.0220. The molecule has 0 bridgehead atoms. The summed E-state index contributed by atoms with van der Waals surface area (Å²) in [6.07, 6.45) is 0.998. The number of ether oxygens (including phenoxy) is 2. The standard InChI is InChI=1S/C30H27N5O4/c1-30(2,3)39-29(37)35-17-23(18-35)38-25-15-22(10-12-24(25)20-8-6-19(16-31)7-9-20)28(36)34-26-13-11-21-5-4-14-32-27(21)33-26/h4-15,23H,17-18H2,1-3H3,(H,32,33,34,36). The molecule has 0 aliphatic carbocycles. The van der Waals surface area contributed by atoms with Gasteiger partial charge >= 0.3 is 6.09 Å². The van der Waals surface area contributed by atoms with E-state index >= 15 is 0 Å². The highest BCUT2D eigenvalue weighted by Gasteiger charge is 2.35. The number of anilines is 1. The first kappa shape index (κ1) is 25.7. The van der Waals surface area contributed by atoms with Gasteiger partial charge < -0.3 is 19.7 Å². The Labute approximate surface area is 226 Å². The van der Waals surface area contributed by atoms with Crippen LogP contribution in [0.25, 0.3) is 22.2 Å². The number of likely N-dealkylation sites (tertiary alicyclic amines) is 1. The third-order valence-electron chi connectivity index (χ3n) is 6.07. The minimum atomic E-state index is -0.580. The lowest BCUT2D eigenvalue weighted by atomic mass is 10.0. The molecule has 1 aliphatic rings. The Morgan fingerprint density at radius 1 is 1.05 bits per heavy atom. The van der Waals surface area contributed by atoms with E-state index in [1.807, 2.05) is 57.2 Å². The van der Waals surface area contributed by atoms with Gasteiger partial charge in [0, 0.05) is 22.7 Å². The number of benzene rings is 2. The van der Waals surface area contributed by atoms with Crippen molar-refractivity contribution in [3.8, 4) is 22.9 Å². The average Bonchev–Trinajstić information content (AvgIpc) is 2.89. The first-order chi connectivity index (χ1) is 18.7. The summed E-state index contributed by atoms with van der Waals surface area (Å²) in [7, 11) is 0. The number of pyridine rings is 2. The molecule has 9 heteroatoms. The van der Waals surface area contributed by atoms with Crippen molar-refractivity contribution >= 4 is 28.9 Å². The molecule has 0 radical (unpaired) electrons. The SMILES string of the molecule is CC(C)(C)OC(=O)N1CC(Oc2cc(C(=O)Nc3ccc4cccnc4n3)ccc2-c2ccc(C#N)cc2)C1. The molecular formula is C30H27N5O4. The van der Waals surface area contributed by atoms with E-state index in [-0.39, 0.29) is 18.1 Å². The van der Waals surface area contributed by atoms with Crippen LogP contribution in [-0.4, -0.2) is 51.7 Å². The molecule has 2 amide bonds. The number of amides is 2. The van der Waals surface area contributed by atoms with Crippen molar-refractivity contribution in [2.75, 3.05) is 18.4 Å². The molecule has 1 N–H and O–H groups in total. The van der Waals surface area contributed by atoms with Gasteiger partial charge in [0.2, 0.25) is 0 Å². The van der Waals surface area contributed by atoms with Crippen LogP contribution in [0.1, 0.15) is 36.7 Å². The van der Waals surface area contributed by atoms with Crippen molar-refractivity contribution in [2.24, 2.45) is 0 Å². The molecule has 0 spiro atoms. The maximum Gasteiger partial charge on any atom is 0.410 e. The molecule has 5 rings (SSSR count). The van der Waals surface area contributed by atoms with Crippen LogP contribution in [0.5, 0.6) is 5.75 Å². The number of nitriles is 1. The van der Waals surface area contributed by atoms with Crippen molar-refractivity contribution in [2.45, 2.75) is 32.5 Å². The van der Waals surface area contributed by atoms with Gasteiger partial charge in [-0.2, -0.15) is 5.26 Å². The maximum atomic E-state index is 13.1. The molecule has 0 unspecified atom stereocenters. The topological polar surface area (TPSA) is 117 Å². The molecule has 1 fully saturated rings. The second-order valence-electron chi connectivity index (χ2n) is 10.2. The van der Waals surface area contributed by atoms with Gasteiger partial charge in [0.25, 0.3) is 5.91 Å². The van der Waals surface area contributed by atoms with Crippen LogP contribution in [0, 0.1) is 11.3 Å². The number of nitrogens with one attached hydrogen (secondary N) is 1. The summed E-state index contributed by atoms with van der Waals surface area (Å²) in [5, 5.41) is 12.9. The van der Waals surface area contributed by atoms with Crippen molar-refractivity contribution in [3.63, 3.8) is 0 Å². The van der Waals surface area contributed by atoms with Crippen LogP contribution in [0.4, 0.5) is 10.6 Å². The molecule has 3 heterocycles. The Bertz CT molecular complexity index is 1580. The highest BCUT2D eigenvalue weighted by Crippen LogP contribution is 2.33. The van der Waals surface area contributed by atoms with Crippen molar-refractivity contribution < 1.29 is 19.1 Å². The first-order valence-electron chi connectivity index (χ1n) is 12.5. The Kier molecular flexibility index (Phi) is 6.86. The number of rotatable bonds is 5. The molecule has 0 saturated carbocycles. The van der Waals surface area contributed by atoms with Gasteiger partial charge in [0.1, 0.15) is 23.3 Å². The highest BCUT2D eigenvalue weighted by atomic mass is 16.6. The van der Waals surface area contributed by atoms with Crippen LogP contribution < -0.4 is 10.1 Å². The first-order valence-corrected chi connectivity index (χ1v) is 12.5. The molecule has 9 nitrogen and oxygen atoms in total. The fourth-order valence-electron chi connectivity index (χ4n) is 4.10. The number of fused-ring (bicyclic) bond motifs is 1. The Morgan fingerprint density at radius 2 is 1.82 bits per heavy atom. The summed E-state index contributed by atoms with van der Waals surface area (Å²) in [6, 6.07) is 21.7. The minimum absolute atomic E-state index is 0.263. The molecule has 1 aliphatic heterocycles. The second kappa shape index (κ2) is 10.4. The van der Waals surface area contributed by atoms with E-state index in [1.165, 1.54) is 0 Å². The number of nitrogens with zero attached hydrogens (tertiary/aromatic N) is 4.